The van der Waals surface area contributed by atoms with Crippen LogP contribution in [0.2, 0.25) is 0 Å². The lowest BCUT2D eigenvalue weighted by molar-refractivity contribution is -0.117. The average molecular weight is 379 g/mol. The molecule has 0 aliphatic rings. The molecule has 1 heterocycles. The Labute approximate surface area is 162 Å². The Kier molecular flexibility index (Phi) is 5.74. The predicted octanol–water partition coefficient (Wildman–Crippen LogP) is 2.87. The minimum Gasteiger partial charge on any atom is -0.493 e. The number of carbonyl (C=O) groups excluding carboxylic acids is 1. The monoisotopic (exact) mass is 379 g/mol. The third kappa shape index (κ3) is 4.20. The van der Waals surface area contributed by atoms with Gasteiger partial charge in [0.1, 0.15) is 6.54 Å². The Morgan fingerprint density at radius 1 is 1.04 bits per heavy atom. The first-order valence-electron chi connectivity index (χ1n) is 8.68. The quantitative estimate of drug-likeness (QED) is 0.712. The van der Waals surface area contributed by atoms with E-state index in [1.807, 2.05) is 37.3 Å². The number of hydrogen-bond donors (Lipinski definition) is 1. The van der Waals surface area contributed by atoms with Gasteiger partial charge in [-0.15, -0.1) is 0 Å². The standard InChI is InChI=1S/C21H21N3O4/c1-14-6-4-5-7-16(14)22-20(25)13-24-21(26)11-9-17(23-24)15-8-10-18(27-2)19(12-15)28-3/h4-12H,13H2,1-3H3,(H,22,25). The molecule has 144 valence electrons. The van der Waals surface area contributed by atoms with Crippen LogP contribution in [0.4, 0.5) is 5.69 Å². The van der Waals surface area contributed by atoms with Gasteiger partial charge in [-0.25, -0.2) is 4.68 Å². The SMILES string of the molecule is COc1ccc(-c2ccc(=O)n(CC(=O)Nc3ccccc3C)n2)cc1OC. The molecule has 0 bridgehead atoms. The van der Waals surface area contributed by atoms with E-state index in [0.717, 1.165) is 15.8 Å². The van der Waals surface area contributed by atoms with Crippen molar-refractivity contribution in [2.45, 2.75) is 13.5 Å². The van der Waals surface area contributed by atoms with E-state index in [2.05, 4.69) is 10.4 Å². The zero-order chi connectivity index (χ0) is 20.1. The van der Waals surface area contributed by atoms with Crippen LogP contribution in [0.15, 0.2) is 59.4 Å². The smallest absolute Gasteiger partial charge is 0.267 e. The van der Waals surface area contributed by atoms with E-state index in [4.69, 9.17) is 9.47 Å². The van der Waals surface area contributed by atoms with E-state index in [-0.39, 0.29) is 18.0 Å². The second-order valence-corrected chi connectivity index (χ2v) is 6.15. The second kappa shape index (κ2) is 8.39. The first kappa shape index (κ1) is 19.2. The maximum absolute atomic E-state index is 12.4. The molecule has 0 unspecified atom stereocenters. The van der Waals surface area contributed by atoms with Crippen LogP contribution in [0.25, 0.3) is 11.3 Å². The highest BCUT2D eigenvalue weighted by molar-refractivity contribution is 5.91. The third-order valence-corrected chi connectivity index (χ3v) is 4.26. The molecule has 0 aliphatic carbocycles. The summed E-state index contributed by atoms with van der Waals surface area (Å²) in [6, 6.07) is 15.8. The van der Waals surface area contributed by atoms with Crippen molar-refractivity contribution in [3.8, 4) is 22.8 Å². The van der Waals surface area contributed by atoms with Gasteiger partial charge in [-0.05, 0) is 42.8 Å². The van der Waals surface area contributed by atoms with Gasteiger partial charge in [-0.1, -0.05) is 18.2 Å². The lowest BCUT2D eigenvalue weighted by Crippen LogP contribution is -2.29. The van der Waals surface area contributed by atoms with Crippen LogP contribution in [0.3, 0.4) is 0 Å². The van der Waals surface area contributed by atoms with Gasteiger partial charge in [0.25, 0.3) is 5.56 Å². The predicted molar refractivity (Wildman–Crippen MR) is 107 cm³/mol. The Morgan fingerprint density at radius 2 is 1.79 bits per heavy atom. The van der Waals surface area contributed by atoms with Crippen LogP contribution in [-0.2, 0) is 11.3 Å². The highest BCUT2D eigenvalue weighted by Crippen LogP contribution is 2.31. The Bertz CT molecular complexity index is 1060. The third-order valence-electron chi connectivity index (χ3n) is 4.26. The van der Waals surface area contributed by atoms with E-state index in [1.165, 1.54) is 6.07 Å². The van der Waals surface area contributed by atoms with Gasteiger partial charge in [-0.3, -0.25) is 9.59 Å². The number of aryl methyl sites for hydroxylation is 1. The molecule has 3 aromatic rings. The molecule has 7 nitrogen and oxygen atoms in total. The molecule has 0 fully saturated rings. The van der Waals surface area contributed by atoms with Crippen molar-refractivity contribution in [2.24, 2.45) is 0 Å². The van der Waals surface area contributed by atoms with E-state index in [1.54, 1.807) is 32.4 Å². The number of ether oxygens (including phenoxy) is 2. The van der Waals surface area contributed by atoms with Crippen LogP contribution < -0.4 is 20.3 Å². The molecule has 0 radical (unpaired) electrons. The molecular weight excluding hydrogens is 358 g/mol. The number of para-hydroxylation sites is 1. The zero-order valence-electron chi connectivity index (χ0n) is 15.9. The molecule has 1 amide bonds. The van der Waals surface area contributed by atoms with Crippen LogP contribution in [0.1, 0.15) is 5.56 Å². The molecule has 0 saturated carbocycles. The van der Waals surface area contributed by atoms with Crippen molar-refractivity contribution in [3.05, 3.63) is 70.5 Å². The first-order valence-corrected chi connectivity index (χ1v) is 8.68. The minimum absolute atomic E-state index is 0.186. The number of methoxy groups -OCH3 is 2. The van der Waals surface area contributed by atoms with Crippen molar-refractivity contribution >= 4 is 11.6 Å². The molecular formula is C21H21N3O4. The fourth-order valence-electron chi connectivity index (χ4n) is 2.75. The van der Waals surface area contributed by atoms with E-state index < -0.39 is 0 Å². The maximum Gasteiger partial charge on any atom is 0.267 e. The number of carbonyl (C=O) groups is 1. The van der Waals surface area contributed by atoms with Gasteiger partial charge in [0.2, 0.25) is 5.91 Å². The number of rotatable bonds is 6. The van der Waals surface area contributed by atoms with Crippen molar-refractivity contribution < 1.29 is 14.3 Å². The number of amides is 1. The summed E-state index contributed by atoms with van der Waals surface area (Å²) in [6.45, 7) is 1.71. The molecule has 0 aliphatic heterocycles. The van der Waals surface area contributed by atoms with Gasteiger partial charge in [-0.2, -0.15) is 5.10 Å². The summed E-state index contributed by atoms with van der Waals surface area (Å²) >= 11 is 0. The first-order chi connectivity index (χ1) is 13.5. The molecule has 0 spiro atoms. The van der Waals surface area contributed by atoms with Crippen molar-refractivity contribution in [1.82, 2.24) is 9.78 Å². The van der Waals surface area contributed by atoms with Crippen LogP contribution in [0.5, 0.6) is 11.5 Å². The van der Waals surface area contributed by atoms with Gasteiger partial charge in [0, 0.05) is 17.3 Å². The summed E-state index contributed by atoms with van der Waals surface area (Å²) in [7, 11) is 3.11. The van der Waals surface area contributed by atoms with Crippen molar-refractivity contribution in [3.63, 3.8) is 0 Å². The normalized spacial score (nSPS) is 10.4. The molecule has 0 saturated heterocycles. The molecule has 28 heavy (non-hydrogen) atoms. The molecule has 0 atom stereocenters. The second-order valence-electron chi connectivity index (χ2n) is 6.15. The number of hydrogen-bond acceptors (Lipinski definition) is 5. The Hall–Kier alpha value is -3.61. The van der Waals surface area contributed by atoms with Gasteiger partial charge in [0.15, 0.2) is 11.5 Å². The van der Waals surface area contributed by atoms with Crippen LogP contribution >= 0.6 is 0 Å². The fourth-order valence-corrected chi connectivity index (χ4v) is 2.75. The molecule has 3 rings (SSSR count). The number of anilines is 1. The molecule has 2 aromatic carbocycles. The van der Waals surface area contributed by atoms with Gasteiger partial charge < -0.3 is 14.8 Å². The summed E-state index contributed by atoms with van der Waals surface area (Å²) in [6.07, 6.45) is 0. The van der Waals surface area contributed by atoms with E-state index >= 15 is 0 Å². The number of nitrogens with zero attached hydrogens (tertiary/aromatic N) is 2. The number of nitrogens with one attached hydrogen (secondary N) is 1. The minimum atomic E-state index is -0.357. The van der Waals surface area contributed by atoms with Crippen molar-refractivity contribution in [1.29, 1.82) is 0 Å². The maximum atomic E-state index is 12.4. The Morgan fingerprint density at radius 3 is 2.50 bits per heavy atom. The molecule has 7 heteroatoms. The lowest BCUT2D eigenvalue weighted by Gasteiger charge is -2.11. The summed E-state index contributed by atoms with van der Waals surface area (Å²) in [5.41, 5.74) is 2.57. The lowest BCUT2D eigenvalue weighted by atomic mass is 10.1. The topological polar surface area (TPSA) is 82.5 Å². The number of benzene rings is 2. The molecule has 1 N–H and O–H groups in total. The Balaban J connectivity index is 1.85. The summed E-state index contributed by atoms with van der Waals surface area (Å²) in [5, 5.41) is 7.13. The van der Waals surface area contributed by atoms with Gasteiger partial charge >= 0.3 is 0 Å². The van der Waals surface area contributed by atoms with Crippen LogP contribution in [0, 0.1) is 6.92 Å². The highest BCUT2D eigenvalue weighted by atomic mass is 16.5. The van der Waals surface area contributed by atoms with E-state index in [0.29, 0.717) is 22.9 Å². The fraction of sp³-hybridized carbons (Fsp3) is 0.190. The highest BCUT2D eigenvalue weighted by Gasteiger charge is 2.11. The van der Waals surface area contributed by atoms with Crippen molar-refractivity contribution in [2.75, 3.05) is 19.5 Å². The number of aromatic nitrogens is 2. The average Bonchev–Trinajstić information content (AvgIpc) is 2.71. The summed E-state index contributed by atoms with van der Waals surface area (Å²) in [5.74, 6) is 0.822. The largest absolute Gasteiger partial charge is 0.493 e. The van der Waals surface area contributed by atoms with Gasteiger partial charge in [0.05, 0.1) is 19.9 Å². The van der Waals surface area contributed by atoms with Crippen LogP contribution in [-0.4, -0.2) is 29.9 Å². The summed E-state index contributed by atoms with van der Waals surface area (Å²) in [4.78, 5) is 24.5. The van der Waals surface area contributed by atoms with E-state index in [9.17, 15) is 9.59 Å². The zero-order valence-corrected chi connectivity index (χ0v) is 15.9. The molecule has 1 aromatic heterocycles. The summed E-state index contributed by atoms with van der Waals surface area (Å²) < 4.78 is 11.7.